The highest BCUT2D eigenvalue weighted by Gasteiger charge is 2.24. The molecular formula is C24H24Cl2N4O3S. The topological polar surface area (TPSA) is 74.8 Å². The Morgan fingerprint density at radius 3 is 2.74 bits per heavy atom. The Labute approximate surface area is 212 Å². The molecule has 10 heteroatoms. The number of hydrogen-bond acceptors (Lipinski definition) is 5. The highest BCUT2D eigenvalue weighted by molar-refractivity contribution is 7.09. The van der Waals surface area contributed by atoms with Crippen LogP contribution in [-0.4, -0.2) is 53.5 Å². The summed E-state index contributed by atoms with van der Waals surface area (Å²) in [5.41, 5.74) is 3.38. The SMILES string of the molecule is COCCN(Cc1nc(C(=O)N2CCc3ccccc3C2)cs1)C(=O)Nc1ccc(Cl)c(Cl)c1. The molecule has 7 nitrogen and oxygen atoms in total. The van der Waals surface area contributed by atoms with Gasteiger partial charge in [0.15, 0.2) is 0 Å². The smallest absolute Gasteiger partial charge is 0.322 e. The summed E-state index contributed by atoms with van der Waals surface area (Å²) in [6.45, 7) is 2.20. The molecule has 2 aromatic carbocycles. The molecular weight excluding hydrogens is 495 g/mol. The number of benzene rings is 2. The Hall–Kier alpha value is -2.65. The molecule has 3 aromatic rings. The van der Waals surface area contributed by atoms with Gasteiger partial charge in [0.25, 0.3) is 5.91 Å². The predicted molar refractivity (Wildman–Crippen MR) is 135 cm³/mol. The highest BCUT2D eigenvalue weighted by atomic mass is 35.5. The van der Waals surface area contributed by atoms with Crippen LogP contribution in [0.5, 0.6) is 0 Å². The lowest BCUT2D eigenvalue weighted by molar-refractivity contribution is 0.0729. The second-order valence-electron chi connectivity index (χ2n) is 7.85. The van der Waals surface area contributed by atoms with Crippen LogP contribution in [0.3, 0.4) is 0 Å². The third-order valence-corrected chi connectivity index (χ3v) is 7.11. The van der Waals surface area contributed by atoms with Gasteiger partial charge in [-0.25, -0.2) is 9.78 Å². The van der Waals surface area contributed by atoms with Crippen LogP contribution in [-0.2, 0) is 24.2 Å². The second kappa shape index (κ2) is 11.2. The molecule has 0 saturated carbocycles. The van der Waals surface area contributed by atoms with Gasteiger partial charge in [-0.15, -0.1) is 11.3 Å². The summed E-state index contributed by atoms with van der Waals surface area (Å²) in [5.74, 6) is -0.0966. The first kappa shape index (κ1) is 24.5. The van der Waals surface area contributed by atoms with Crippen molar-refractivity contribution in [3.63, 3.8) is 0 Å². The van der Waals surface area contributed by atoms with Gasteiger partial charge in [0.05, 0.1) is 23.2 Å². The summed E-state index contributed by atoms with van der Waals surface area (Å²) in [7, 11) is 1.58. The number of carbonyl (C=O) groups excluding carboxylic acids is 2. The number of nitrogens with zero attached hydrogens (tertiary/aromatic N) is 3. The van der Waals surface area contributed by atoms with Gasteiger partial charge in [0, 0.05) is 37.8 Å². The third kappa shape index (κ3) is 5.88. The maximum Gasteiger partial charge on any atom is 0.322 e. The predicted octanol–water partition coefficient (Wildman–Crippen LogP) is 5.33. The molecule has 3 amide bonds. The van der Waals surface area contributed by atoms with Crippen LogP contribution in [0.25, 0.3) is 0 Å². The maximum absolute atomic E-state index is 13.0. The normalized spacial score (nSPS) is 12.9. The monoisotopic (exact) mass is 518 g/mol. The van der Waals surface area contributed by atoms with E-state index in [2.05, 4.69) is 22.4 Å². The first-order valence-electron chi connectivity index (χ1n) is 10.7. The lowest BCUT2D eigenvalue weighted by Crippen LogP contribution is -2.37. The number of halogens is 2. The van der Waals surface area contributed by atoms with Gasteiger partial charge in [0.1, 0.15) is 10.7 Å². The van der Waals surface area contributed by atoms with Gasteiger partial charge >= 0.3 is 6.03 Å². The molecule has 0 unspecified atom stereocenters. The third-order valence-electron chi connectivity index (χ3n) is 5.54. The van der Waals surface area contributed by atoms with Gasteiger partial charge in [-0.05, 0) is 35.7 Å². The molecule has 34 heavy (non-hydrogen) atoms. The quantitative estimate of drug-likeness (QED) is 0.458. The number of nitrogens with one attached hydrogen (secondary N) is 1. The molecule has 1 N–H and O–H groups in total. The molecule has 0 spiro atoms. The molecule has 178 valence electrons. The summed E-state index contributed by atoms with van der Waals surface area (Å²) in [4.78, 5) is 33.9. The fourth-order valence-corrected chi connectivity index (χ4v) is 4.79. The van der Waals surface area contributed by atoms with Gasteiger partial charge in [-0.2, -0.15) is 0 Å². The molecule has 0 atom stereocenters. The zero-order chi connectivity index (χ0) is 24.1. The van der Waals surface area contributed by atoms with Crippen LogP contribution in [0, 0.1) is 0 Å². The van der Waals surface area contributed by atoms with E-state index in [1.807, 2.05) is 17.0 Å². The van der Waals surface area contributed by atoms with Crippen molar-refractivity contribution in [3.8, 4) is 0 Å². The van der Waals surface area contributed by atoms with Gasteiger partial charge in [0.2, 0.25) is 0 Å². The van der Waals surface area contributed by atoms with Crippen LogP contribution in [0.4, 0.5) is 10.5 Å². The number of fused-ring (bicyclic) bond motifs is 1. The summed E-state index contributed by atoms with van der Waals surface area (Å²) in [6, 6.07) is 12.7. The minimum atomic E-state index is -0.328. The average molecular weight is 519 g/mol. The fraction of sp³-hybridized carbons (Fsp3) is 0.292. The van der Waals surface area contributed by atoms with E-state index in [0.29, 0.717) is 52.7 Å². The number of methoxy groups -OCH3 is 1. The van der Waals surface area contributed by atoms with E-state index in [0.717, 1.165) is 6.42 Å². The molecule has 1 aliphatic rings. The van der Waals surface area contributed by atoms with Crippen molar-refractivity contribution >= 4 is 52.2 Å². The van der Waals surface area contributed by atoms with Crippen LogP contribution in [0.2, 0.25) is 10.0 Å². The Kier molecular flexibility index (Phi) is 8.05. The lowest BCUT2D eigenvalue weighted by atomic mass is 10.00. The summed E-state index contributed by atoms with van der Waals surface area (Å²) in [5, 5.41) is 6.00. The van der Waals surface area contributed by atoms with Crippen molar-refractivity contribution in [1.29, 1.82) is 0 Å². The Morgan fingerprint density at radius 1 is 1.18 bits per heavy atom. The molecule has 0 saturated heterocycles. The van der Waals surface area contributed by atoms with E-state index in [1.165, 1.54) is 22.5 Å². The van der Waals surface area contributed by atoms with Crippen molar-refractivity contribution in [2.45, 2.75) is 19.5 Å². The molecule has 0 bridgehead atoms. The fourth-order valence-electron chi connectivity index (χ4n) is 3.71. The van der Waals surface area contributed by atoms with E-state index < -0.39 is 0 Å². The van der Waals surface area contributed by atoms with Gasteiger partial charge in [-0.1, -0.05) is 47.5 Å². The molecule has 2 heterocycles. The van der Waals surface area contributed by atoms with Crippen molar-refractivity contribution in [1.82, 2.24) is 14.8 Å². The number of anilines is 1. The van der Waals surface area contributed by atoms with Crippen molar-refractivity contribution in [2.24, 2.45) is 0 Å². The number of thiazole rings is 1. The van der Waals surface area contributed by atoms with Crippen molar-refractivity contribution < 1.29 is 14.3 Å². The van der Waals surface area contributed by atoms with E-state index in [9.17, 15) is 9.59 Å². The summed E-state index contributed by atoms with van der Waals surface area (Å²) < 4.78 is 5.16. The Balaban J connectivity index is 1.42. The van der Waals surface area contributed by atoms with Gasteiger partial charge in [-0.3, -0.25) is 4.79 Å². The number of urea groups is 1. The number of aromatic nitrogens is 1. The van der Waals surface area contributed by atoms with Gasteiger partial charge < -0.3 is 19.9 Å². The number of ether oxygens (including phenoxy) is 1. The molecule has 0 aliphatic carbocycles. The summed E-state index contributed by atoms with van der Waals surface area (Å²) >= 11 is 13.4. The number of carbonyl (C=O) groups is 2. The number of amides is 3. The molecule has 1 aromatic heterocycles. The second-order valence-corrected chi connectivity index (χ2v) is 9.60. The lowest BCUT2D eigenvalue weighted by Gasteiger charge is -2.28. The van der Waals surface area contributed by atoms with Crippen molar-refractivity contribution in [2.75, 3.05) is 32.1 Å². The molecule has 0 radical (unpaired) electrons. The first-order chi connectivity index (χ1) is 16.4. The zero-order valence-corrected chi connectivity index (χ0v) is 20.9. The first-order valence-corrected chi connectivity index (χ1v) is 12.4. The Bertz CT molecular complexity index is 1190. The standard InChI is InChI=1S/C24H24Cl2N4O3S/c1-33-11-10-30(24(32)27-18-6-7-19(25)20(26)12-18)14-22-28-21(15-34-22)23(31)29-9-8-16-4-2-3-5-17(16)13-29/h2-7,12,15H,8-11,13-14H2,1H3,(H,27,32). The minimum absolute atomic E-state index is 0.0966. The van der Waals surface area contributed by atoms with Crippen molar-refractivity contribution in [3.05, 3.63) is 79.7 Å². The maximum atomic E-state index is 13.0. The van der Waals surface area contributed by atoms with E-state index in [4.69, 9.17) is 27.9 Å². The van der Waals surface area contributed by atoms with Crippen LogP contribution >= 0.6 is 34.5 Å². The zero-order valence-electron chi connectivity index (χ0n) is 18.6. The molecule has 0 fully saturated rings. The summed E-state index contributed by atoms with van der Waals surface area (Å²) in [6.07, 6.45) is 0.832. The minimum Gasteiger partial charge on any atom is -0.383 e. The highest BCUT2D eigenvalue weighted by Crippen LogP contribution is 2.26. The Morgan fingerprint density at radius 2 is 1.97 bits per heavy atom. The van der Waals surface area contributed by atoms with E-state index in [-0.39, 0.29) is 18.5 Å². The van der Waals surface area contributed by atoms with E-state index in [1.54, 1.807) is 35.6 Å². The van der Waals surface area contributed by atoms with Crippen LogP contribution < -0.4 is 5.32 Å². The number of hydrogen-bond donors (Lipinski definition) is 1. The number of rotatable bonds is 7. The largest absolute Gasteiger partial charge is 0.383 e. The van der Waals surface area contributed by atoms with Crippen LogP contribution in [0.1, 0.15) is 26.6 Å². The molecule has 1 aliphatic heterocycles. The molecule has 4 rings (SSSR count). The van der Waals surface area contributed by atoms with Crippen LogP contribution in [0.15, 0.2) is 47.8 Å². The average Bonchev–Trinajstić information content (AvgIpc) is 3.31. The van der Waals surface area contributed by atoms with E-state index >= 15 is 0 Å².